The quantitative estimate of drug-likeness (QED) is 0.370. The minimum absolute atomic E-state index is 0.329. The zero-order valence-electron chi connectivity index (χ0n) is 20.1. The largest absolute Gasteiger partial charge is 0.497 e. The molecule has 0 spiro atoms. The van der Waals surface area contributed by atoms with E-state index >= 15 is 0 Å². The number of benzene rings is 2. The molecular weight excluding hydrogens is 444 g/mol. The van der Waals surface area contributed by atoms with Crippen LogP contribution in [0, 0.1) is 0 Å². The van der Waals surface area contributed by atoms with Gasteiger partial charge in [-0.15, -0.1) is 0 Å². The summed E-state index contributed by atoms with van der Waals surface area (Å²) in [6.07, 6.45) is 3.64. The number of carboxylic acids is 1. The number of piperidine rings is 1. The molecule has 1 N–H and O–H groups in total. The Morgan fingerprint density at radius 2 is 1.83 bits per heavy atom. The third-order valence-electron chi connectivity index (χ3n) is 6.98. The van der Waals surface area contributed by atoms with Gasteiger partial charge in [-0.1, -0.05) is 18.2 Å². The number of likely N-dealkylation sites (tertiary alicyclic amines) is 1. The van der Waals surface area contributed by atoms with Gasteiger partial charge in [-0.05, 0) is 73.8 Å². The number of nitrogens with zero attached hydrogens (tertiary/aromatic N) is 2. The first-order valence-electron chi connectivity index (χ1n) is 11.9. The molecule has 7 heteroatoms. The highest BCUT2D eigenvalue weighted by Crippen LogP contribution is 2.42. The summed E-state index contributed by atoms with van der Waals surface area (Å²) in [5.74, 6) is 1.90. The highest BCUT2D eigenvalue weighted by molar-refractivity contribution is 5.89. The third-order valence-corrected chi connectivity index (χ3v) is 6.98. The second-order valence-electron chi connectivity index (χ2n) is 8.98. The summed E-state index contributed by atoms with van der Waals surface area (Å²) in [6, 6.07) is 17.5. The fourth-order valence-electron chi connectivity index (χ4n) is 5.29. The number of fused-ring (bicyclic) bond motifs is 1. The maximum Gasteiger partial charge on any atom is 0.336 e. The molecule has 0 saturated carbocycles. The van der Waals surface area contributed by atoms with Gasteiger partial charge in [0, 0.05) is 17.5 Å². The summed E-state index contributed by atoms with van der Waals surface area (Å²) >= 11 is 0. The van der Waals surface area contributed by atoms with Gasteiger partial charge in [0.25, 0.3) is 0 Å². The standard InChI is InChI=1S/C28H30N2O5/c1-33-21-9-10-23(28(31)32)20(16-21)17-29-13-11-19(12-14-29)26-24-7-3-4-8-25(24)30(27(26)34-2)18-22-6-5-15-35-22/h3-10,15-16,19H,11-14,17-18H2,1-2H3,(H,31,32). The Labute approximate surface area is 204 Å². The van der Waals surface area contributed by atoms with E-state index in [0.29, 0.717) is 30.3 Å². The Balaban J connectivity index is 1.39. The van der Waals surface area contributed by atoms with Crippen molar-refractivity contribution in [3.63, 3.8) is 0 Å². The monoisotopic (exact) mass is 474 g/mol. The van der Waals surface area contributed by atoms with E-state index in [4.69, 9.17) is 13.9 Å². The molecule has 3 heterocycles. The molecule has 0 amide bonds. The van der Waals surface area contributed by atoms with Crippen LogP contribution in [0.4, 0.5) is 0 Å². The molecule has 0 unspecified atom stereocenters. The van der Waals surface area contributed by atoms with E-state index in [-0.39, 0.29) is 0 Å². The summed E-state index contributed by atoms with van der Waals surface area (Å²) in [5.41, 5.74) is 3.50. The van der Waals surface area contributed by atoms with Crippen LogP contribution in [0.25, 0.3) is 10.9 Å². The molecule has 182 valence electrons. The van der Waals surface area contributed by atoms with Crippen molar-refractivity contribution < 1.29 is 23.8 Å². The molecule has 1 aliphatic rings. The third kappa shape index (κ3) is 4.51. The molecule has 4 aromatic rings. The van der Waals surface area contributed by atoms with Gasteiger partial charge in [-0.3, -0.25) is 4.90 Å². The number of ether oxygens (including phenoxy) is 2. The normalized spacial score (nSPS) is 14.9. The number of carbonyl (C=O) groups is 1. The molecule has 2 aromatic carbocycles. The zero-order valence-corrected chi connectivity index (χ0v) is 20.1. The lowest BCUT2D eigenvalue weighted by molar-refractivity contribution is 0.0694. The highest BCUT2D eigenvalue weighted by atomic mass is 16.5. The van der Waals surface area contributed by atoms with Crippen molar-refractivity contribution >= 4 is 16.9 Å². The van der Waals surface area contributed by atoms with Crippen LogP contribution in [-0.4, -0.2) is 47.9 Å². The lowest BCUT2D eigenvalue weighted by Gasteiger charge is -2.32. The summed E-state index contributed by atoms with van der Waals surface area (Å²) in [5, 5.41) is 10.8. The number of aromatic nitrogens is 1. The second kappa shape index (κ2) is 9.88. The van der Waals surface area contributed by atoms with Crippen LogP contribution in [0.5, 0.6) is 11.6 Å². The van der Waals surface area contributed by atoms with Gasteiger partial charge >= 0.3 is 5.97 Å². The van der Waals surface area contributed by atoms with Crippen molar-refractivity contribution in [3.8, 4) is 11.6 Å². The van der Waals surface area contributed by atoms with Crippen molar-refractivity contribution in [3.05, 3.63) is 83.3 Å². The predicted octanol–water partition coefficient (Wildman–Crippen LogP) is 5.38. The van der Waals surface area contributed by atoms with Gasteiger partial charge in [-0.25, -0.2) is 4.79 Å². The van der Waals surface area contributed by atoms with Gasteiger partial charge < -0.3 is 23.6 Å². The van der Waals surface area contributed by atoms with Crippen molar-refractivity contribution in [2.45, 2.75) is 31.8 Å². The first-order chi connectivity index (χ1) is 17.1. The highest BCUT2D eigenvalue weighted by Gasteiger charge is 2.29. The van der Waals surface area contributed by atoms with Crippen LogP contribution in [0.2, 0.25) is 0 Å². The number of hydrogen-bond donors (Lipinski definition) is 1. The Morgan fingerprint density at radius 3 is 2.51 bits per heavy atom. The molecule has 1 saturated heterocycles. The summed E-state index contributed by atoms with van der Waals surface area (Å²) in [4.78, 5) is 14.1. The first-order valence-corrected chi connectivity index (χ1v) is 11.9. The second-order valence-corrected chi connectivity index (χ2v) is 8.98. The van der Waals surface area contributed by atoms with Crippen molar-refractivity contribution in [2.24, 2.45) is 0 Å². The molecule has 0 atom stereocenters. The van der Waals surface area contributed by atoms with Crippen LogP contribution in [-0.2, 0) is 13.1 Å². The summed E-state index contributed by atoms with van der Waals surface area (Å²) < 4.78 is 19.1. The number of methoxy groups -OCH3 is 2. The fourth-order valence-corrected chi connectivity index (χ4v) is 5.29. The minimum atomic E-state index is -0.911. The Morgan fingerprint density at radius 1 is 1.03 bits per heavy atom. The molecule has 2 aromatic heterocycles. The molecule has 0 bridgehead atoms. The number of aromatic carboxylic acids is 1. The molecule has 1 aliphatic heterocycles. The number of furan rings is 1. The molecule has 0 aliphatic carbocycles. The number of hydrogen-bond acceptors (Lipinski definition) is 5. The smallest absolute Gasteiger partial charge is 0.336 e. The zero-order chi connectivity index (χ0) is 24.4. The molecular formula is C28H30N2O5. The summed E-state index contributed by atoms with van der Waals surface area (Å²) in [7, 11) is 3.34. The van der Waals surface area contributed by atoms with Crippen molar-refractivity contribution in [1.29, 1.82) is 0 Å². The van der Waals surface area contributed by atoms with Crippen LogP contribution < -0.4 is 9.47 Å². The summed E-state index contributed by atoms with van der Waals surface area (Å²) in [6.45, 7) is 2.95. The van der Waals surface area contributed by atoms with Crippen LogP contribution in [0.3, 0.4) is 0 Å². The van der Waals surface area contributed by atoms with Crippen molar-refractivity contribution in [2.75, 3.05) is 27.3 Å². The van der Waals surface area contributed by atoms with Gasteiger partial charge in [0.15, 0.2) is 5.88 Å². The van der Waals surface area contributed by atoms with E-state index in [1.165, 1.54) is 10.9 Å². The van der Waals surface area contributed by atoms with Gasteiger partial charge in [0.1, 0.15) is 11.5 Å². The van der Waals surface area contributed by atoms with Crippen LogP contribution in [0.1, 0.15) is 46.0 Å². The average Bonchev–Trinajstić information content (AvgIpc) is 3.50. The van der Waals surface area contributed by atoms with E-state index in [0.717, 1.165) is 48.7 Å². The maximum atomic E-state index is 11.7. The maximum absolute atomic E-state index is 11.7. The molecule has 35 heavy (non-hydrogen) atoms. The van der Waals surface area contributed by atoms with E-state index in [9.17, 15) is 9.90 Å². The van der Waals surface area contributed by atoms with Crippen LogP contribution >= 0.6 is 0 Å². The number of carboxylic acid groups (broad SMARTS) is 1. The topological polar surface area (TPSA) is 77.1 Å². The molecule has 7 nitrogen and oxygen atoms in total. The van der Waals surface area contributed by atoms with Gasteiger partial charge in [0.05, 0.1) is 38.1 Å². The fraction of sp³-hybridized carbons (Fsp3) is 0.321. The molecule has 5 rings (SSSR count). The Kier molecular flexibility index (Phi) is 6.51. The molecule has 1 fully saturated rings. The van der Waals surface area contributed by atoms with Crippen LogP contribution in [0.15, 0.2) is 65.3 Å². The van der Waals surface area contributed by atoms with E-state index in [1.807, 2.05) is 18.2 Å². The first kappa shape index (κ1) is 23.1. The SMILES string of the molecule is COc1ccc(C(=O)O)c(CN2CCC(c3c(OC)n(Cc4ccco4)c4ccccc34)CC2)c1. The minimum Gasteiger partial charge on any atom is -0.497 e. The lowest BCUT2D eigenvalue weighted by Crippen LogP contribution is -2.33. The van der Waals surface area contributed by atoms with E-state index < -0.39 is 5.97 Å². The lowest BCUT2D eigenvalue weighted by atomic mass is 9.88. The molecule has 0 radical (unpaired) electrons. The number of para-hydroxylation sites is 1. The number of rotatable bonds is 8. The van der Waals surface area contributed by atoms with E-state index in [2.05, 4.69) is 33.7 Å². The van der Waals surface area contributed by atoms with E-state index in [1.54, 1.807) is 32.6 Å². The Bertz CT molecular complexity index is 1320. The predicted molar refractivity (Wildman–Crippen MR) is 134 cm³/mol. The average molecular weight is 475 g/mol. The van der Waals surface area contributed by atoms with Crippen molar-refractivity contribution in [1.82, 2.24) is 9.47 Å². The Hall–Kier alpha value is -3.71. The van der Waals surface area contributed by atoms with Gasteiger partial charge in [0.2, 0.25) is 0 Å². The van der Waals surface area contributed by atoms with Gasteiger partial charge in [-0.2, -0.15) is 0 Å².